The molecule has 0 aliphatic rings. The number of hydrogen-bond acceptors (Lipinski definition) is 2. The molecule has 74 valence electrons. The molecule has 1 unspecified atom stereocenters. The molecule has 1 N–H and O–H groups in total. The van der Waals surface area contributed by atoms with Gasteiger partial charge in [0, 0.05) is 6.04 Å². The van der Waals surface area contributed by atoms with Crippen LogP contribution >= 0.6 is 11.3 Å². The molecule has 2 heteroatoms. The topological polar surface area (TPSA) is 12.0 Å². The van der Waals surface area contributed by atoms with E-state index in [-0.39, 0.29) is 0 Å². The minimum Gasteiger partial charge on any atom is -0.310 e. The summed E-state index contributed by atoms with van der Waals surface area (Å²) in [6.07, 6.45) is 2.39. The third kappa shape index (κ3) is 2.82. The average Bonchev–Trinajstić information content (AvgIpc) is 2.54. The Kier molecular flexibility index (Phi) is 4.46. The molecular formula is C11H19NS. The van der Waals surface area contributed by atoms with Gasteiger partial charge in [0.25, 0.3) is 0 Å². The van der Waals surface area contributed by atoms with Crippen LogP contribution in [0, 0.1) is 6.92 Å². The fourth-order valence-corrected chi connectivity index (χ4v) is 2.43. The molecule has 0 bridgehead atoms. The van der Waals surface area contributed by atoms with Crippen molar-refractivity contribution in [3.63, 3.8) is 0 Å². The molecule has 0 aliphatic carbocycles. The number of nitrogens with one attached hydrogen (secondary N) is 1. The van der Waals surface area contributed by atoms with Crippen molar-refractivity contribution >= 4 is 11.3 Å². The van der Waals surface area contributed by atoms with E-state index >= 15 is 0 Å². The summed E-state index contributed by atoms with van der Waals surface area (Å²) in [5.74, 6) is 0. The molecule has 1 rings (SSSR count). The second kappa shape index (κ2) is 5.40. The van der Waals surface area contributed by atoms with Crippen molar-refractivity contribution in [2.24, 2.45) is 0 Å². The highest BCUT2D eigenvalue weighted by Crippen LogP contribution is 2.23. The number of hydrogen-bond donors (Lipinski definition) is 1. The van der Waals surface area contributed by atoms with E-state index in [1.165, 1.54) is 24.0 Å². The summed E-state index contributed by atoms with van der Waals surface area (Å²) in [7, 11) is 0. The fraction of sp³-hybridized carbons (Fsp3) is 0.636. The first kappa shape index (κ1) is 10.7. The zero-order valence-corrected chi connectivity index (χ0v) is 9.58. The van der Waals surface area contributed by atoms with E-state index in [2.05, 4.69) is 36.8 Å². The molecule has 0 saturated carbocycles. The van der Waals surface area contributed by atoms with E-state index in [0.717, 1.165) is 6.54 Å². The van der Waals surface area contributed by atoms with Crippen LogP contribution in [0.2, 0.25) is 0 Å². The van der Waals surface area contributed by atoms with Crippen LogP contribution in [0.4, 0.5) is 0 Å². The first-order valence-corrected chi connectivity index (χ1v) is 5.99. The van der Waals surface area contributed by atoms with Crippen LogP contribution < -0.4 is 5.32 Å². The molecule has 0 saturated heterocycles. The van der Waals surface area contributed by atoms with Crippen LogP contribution in [-0.2, 0) is 0 Å². The van der Waals surface area contributed by atoms with Crippen LogP contribution in [0.25, 0.3) is 0 Å². The highest BCUT2D eigenvalue weighted by Gasteiger charge is 2.10. The van der Waals surface area contributed by atoms with Gasteiger partial charge < -0.3 is 5.32 Å². The SMILES string of the molecule is CCCNC(CC)c1cscc1C. The second-order valence-electron chi connectivity index (χ2n) is 3.43. The molecule has 1 aromatic rings. The summed E-state index contributed by atoms with van der Waals surface area (Å²) in [6.45, 7) is 7.76. The van der Waals surface area contributed by atoms with Gasteiger partial charge in [0.05, 0.1) is 0 Å². The Hall–Kier alpha value is -0.340. The Morgan fingerprint density at radius 3 is 2.62 bits per heavy atom. The zero-order chi connectivity index (χ0) is 9.68. The van der Waals surface area contributed by atoms with Gasteiger partial charge in [-0.15, -0.1) is 0 Å². The highest BCUT2D eigenvalue weighted by molar-refractivity contribution is 7.08. The van der Waals surface area contributed by atoms with Crippen LogP contribution in [0.5, 0.6) is 0 Å². The summed E-state index contributed by atoms with van der Waals surface area (Å²) < 4.78 is 0. The third-order valence-electron chi connectivity index (χ3n) is 2.32. The maximum Gasteiger partial charge on any atom is 0.0328 e. The smallest absolute Gasteiger partial charge is 0.0328 e. The molecule has 0 amide bonds. The van der Waals surface area contributed by atoms with E-state index in [0.29, 0.717) is 6.04 Å². The lowest BCUT2D eigenvalue weighted by atomic mass is 10.0. The molecule has 1 aromatic heterocycles. The second-order valence-corrected chi connectivity index (χ2v) is 4.17. The van der Waals surface area contributed by atoms with Crippen molar-refractivity contribution in [3.05, 3.63) is 21.9 Å². The Morgan fingerprint density at radius 1 is 1.38 bits per heavy atom. The van der Waals surface area contributed by atoms with E-state index < -0.39 is 0 Å². The summed E-state index contributed by atoms with van der Waals surface area (Å²) in [4.78, 5) is 0. The molecule has 1 atom stereocenters. The molecule has 1 heterocycles. The molecule has 1 nitrogen and oxygen atoms in total. The van der Waals surface area contributed by atoms with Crippen molar-refractivity contribution < 1.29 is 0 Å². The standard InChI is InChI=1S/C11H19NS/c1-4-6-12-11(5-2)10-8-13-7-9(10)3/h7-8,11-12H,4-6H2,1-3H3. The van der Waals surface area contributed by atoms with Crippen molar-refractivity contribution in [1.82, 2.24) is 5.32 Å². The van der Waals surface area contributed by atoms with Gasteiger partial charge in [0.1, 0.15) is 0 Å². The van der Waals surface area contributed by atoms with E-state index in [9.17, 15) is 0 Å². The van der Waals surface area contributed by atoms with Crippen molar-refractivity contribution in [3.8, 4) is 0 Å². The molecule has 0 aliphatic heterocycles. The highest BCUT2D eigenvalue weighted by atomic mass is 32.1. The van der Waals surface area contributed by atoms with Crippen LogP contribution in [0.15, 0.2) is 10.8 Å². The zero-order valence-electron chi connectivity index (χ0n) is 8.76. The lowest BCUT2D eigenvalue weighted by Gasteiger charge is -2.16. The Labute approximate surface area is 85.2 Å². The van der Waals surface area contributed by atoms with Crippen LogP contribution in [0.1, 0.15) is 43.9 Å². The summed E-state index contributed by atoms with van der Waals surface area (Å²) in [5, 5.41) is 8.07. The average molecular weight is 197 g/mol. The normalized spacial score (nSPS) is 13.2. The lowest BCUT2D eigenvalue weighted by Crippen LogP contribution is -2.21. The fourth-order valence-electron chi connectivity index (χ4n) is 1.52. The molecule has 0 radical (unpaired) electrons. The van der Waals surface area contributed by atoms with Gasteiger partial charge in [-0.05, 0) is 48.2 Å². The van der Waals surface area contributed by atoms with Crippen molar-refractivity contribution in [1.29, 1.82) is 0 Å². The summed E-state index contributed by atoms with van der Waals surface area (Å²) in [5.41, 5.74) is 2.92. The summed E-state index contributed by atoms with van der Waals surface area (Å²) in [6, 6.07) is 0.561. The minimum absolute atomic E-state index is 0.561. The predicted molar refractivity (Wildman–Crippen MR) is 60.4 cm³/mol. The van der Waals surface area contributed by atoms with Gasteiger partial charge in [0.2, 0.25) is 0 Å². The van der Waals surface area contributed by atoms with Gasteiger partial charge in [-0.3, -0.25) is 0 Å². The molecule has 0 spiro atoms. The lowest BCUT2D eigenvalue weighted by molar-refractivity contribution is 0.518. The summed E-state index contributed by atoms with van der Waals surface area (Å²) >= 11 is 1.80. The maximum atomic E-state index is 3.57. The quantitative estimate of drug-likeness (QED) is 0.761. The largest absolute Gasteiger partial charge is 0.310 e. The Morgan fingerprint density at radius 2 is 2.15 bits per heavy atom. The molecule has 13 heavy (non-hydrogen) atoms. The van der Waals surface area contributed by atoms with E-state index in [1.54, 1.807) is 11.3 Å². The Balaban J connectivity index is 2.61. The van der Waals surface area contributed by atoms with Crippen molar-refractivity contribution in [2.45, 2.75) is 39.7 Å². The third-order valence-corrected chi connectivity index (χ3v) is 3.20. The van der Waals surface area contributed by atoms with Crippen LogP contribution in [-0.4, -0.2) is 6.54 Å². The minimum atomic E-state index is 0.561. The Bertz CT molecular complexity index is 242. The first-order chi connectivity index (χ1) is 6.29. The van der Waals surface area contributed by atoms with Crippen molar-refractivity contribution in [2.75, 3.05) is 6.54 Å². The van der Waals surface area contributed by atoms with Gasteiger partial charge in [-0.2, -0.15) is 11.3 Å². The van der Waals surface area contributed by atoms with E-state index in [1.807, 2.05) is 0 Å². The number of aryl methyl sites for hydroxylation is 1. The maximum absolute atomic E-state index is 3.57. The van der Waals surface area contributed by atoms with Gasteiger partial charge in [0.15, 0.2) is 0 Å². The van der Waals surface area contributed by atoms with Crippen LogP contribution in [0.3, 0.4) is 0 Å². The van der Waals surface area contributed by atoms with Gasteiger partial charge >= 0.3 is 0 Å². The number of rotatable bonds is 5. The van der Waals surface area contributed by atoms with Gasteiger partial charge in [-0.25, -0.2) is 0 Å². The number of thiophene rings is 1. The van der Waals surface area contributed by atoms with E-state index in [4.69, 9.17) is 0 Å². The first-order valence-electron chi connectivity index (χ1n) is 5.05. The molecule has 0 aromatic carbocycles. The molecular weight excluding hydrogens is 178 g/mol. The molecule has 0 fully saturated rings. The van der Waals surface area contributed by atoms with Gasteiger partial charge in [-0.1, -0.05) is 13.8 Å². The predicted octanol–water partition coefficient (Wildman–Crippen LogP) is 3.51. The monoisotopic (exact) mass is 197 g/mol.